The number of carbonyl (C=O) groups excluding carboxylic acids is 2. The van der Waals surface area contributed by atoms with E-state index in [-0.39, 0.29) is 18.4 Å². The first-order chi connectivity index (χ1) is 15.6. The maximum atomic E-state index is 12.5. The average Bonchev–Trinajstić information content (AvgIpc) is 3.33. The van der Waals surface area contributed by atoms with Crippen LogP contribution in [0, 0.1) is 17.8 Å². The molecule has 182 valence electrons. The summed E-state index contributed by atoms with van der Waals surface area (Å²) in [6.45, 7) is 2.99. The summed E-state index contributed by atoms with van der Waals surface area (Å²) in [7, 11) is 1.45. The minimum Gasteiger partial charge on any atom is -0.469 e. The summed E-state index contributed by atoms with van der Waals surface area (Å²) in [6, 6.07) is 0. The largest absolute Gasteiger partial charge is 0.469 e. The van der Waals surface area contributed by atoms with Gasteiger partial charge in [0, 0.05) is 25.9 Å². The van der Waals surface area contributed by atoms with Crippen LogP contribution in [-0.4, -0.2) is 37.9 Å². The second kappa shape index (κ2) is 13.5. The van der Waals surface area contributed by atoms with Crippen molar-refractivity contribution < 1.29 is 23.8 Å². The number of ether oxygens (including phenoxy) is 3. The number of allylic oxidation sites excluding steroid dienone is 2. The van der Waals surface area contributed by atoms with Crippen molar-refractivity contribution in [1.29, 1.82) is 0 Å². The molecule has 3 fully saturated rings. The SMILES string of the molecule is CCCCCC(=O)CC[C@@H]1[C@H]2C/C(=C/CCCC(=O)OC)C[C@H]2C[C@H]1OC1CCCCO1. The number of Topliss-reactive ketones (excluding diaryl/α,β-unsaturated/α-hetero) is 1. The smallest absolute Gasteiger partial charge is 0.305 e. The van der Waals surface area contributed by atoms with Gasteiger partial charge < -0.3 is 14.2 Å². The average molecular weight is 449 g/mol. The summed E-state index contributed by atoms with van der Waals surface area (Å²) in [5.74, 6) is 2.04. The number of hydrogen-bond donors (Lipinski definition) is 0. The van der Waals surface area contributed by atoms with Gasteiger partial charge in [-0.25, -0.2) is 0 Å². The third kappa shape index (κ3) is 7.69. The van der Waals surface area contributed by atoms with E-state index in [9.17, 15) is 9.59 Å². The fourth-order valence-corrected chi connectivity index (χ4v) is 5.96. The zero-order valence-corrected chi connectivity index (χ0v) is 20.3. The Morgan fingerprint density at radius 2 is 1.97 bits per heavy atom. The lowest BCUT2D eigenvalue weighted by Crippen LogP contribution is -2.31. The van der Waals surface area contributed by atoms with E-state index < -0.39 is 0 Å². The van der Waals surface area contributed by atoms with Gasteiger partial charge in [-0.1, -0.05) is 31.4 Å². The van der Waals surface area contributed by atoms with Crippen LogP contribution in [0.5, 0.6) is 0 Å². The Hall–Kier alpha value is -1.20. The maximum Gasteiger partial charge on any atom is 0.305 e. The van der Waals surface area contributed by atoms with Crippen molar-refractivity contribution in [3.05, 3.63) is 11.6 Å². The Morgan fingerprint density at radius 3 is 2.72 bits per heavy atom. The van der Waals surface area contributed by atoms with E-state index >= 15 is 0 Å². The molecule has 0 bridgehead atoms. The van der Waals surface area contributed by atoms with Gasteiger partial charge in [-0.2, -0.15) is 0 Å². The molecule has 5 heteroatoms. The standard InChI is InChI=1S/C27H44O5/c1-3-4-5-11-22(28)14-15-23-24-18-20(10-6-7-12-26(29)30-2)17-21(24)19-25(23)32-27-13-8-9-16-31-27/h10,21,23-25,27H,3-9,11-19H2,1-2H3/b20-10+/t21-,23+,24-,25+,27?/m0/s1. The lowest BCUT2D eigenvalue weighted by atomic mass is 9.86. The Bertz CT molecular complexity index is 622. The molecule has 2 aliphatic carbocycles. The predicted octanol–water partition coefficient (Wildman–Crippen LogP) is 6.14. The first kappa shape index (κ1) is 25.4. The molecule has 1 unspecified atom stereocenters. The monoisotopic (exact) mass is 448 g/mol. The minimum absolute atomic E-state index is 0.0522. The van der Waals surface area contributed by atoms with E-state index in [1.165, 1.54) is 19.1 Å². The summed E-state index contributed by atoms with van der Waals surface area (Å²) in [5.41, 5.74) is 1.54. The fraction of sp³-hybridized carbons (Fsp3) is 0.852. The van der Waals surface area contributed by atoms with Gasteiger partial charge in [-0.05, 0) is 82.0 Å². The van der Waals surface area contributed by atoms with Crippen molar-refractivity contribution in [3.8, 4) is 0 Å². The maximum absolute atomic E-state index is 12.5. The molecular weight excluding hydrogens is 404 g/mol. The van der Waals surface area contributed by atoms with E-state index in [0.29, 0.717) is 36.4 Å². The molecule has 32 heavy (non-hydrogen) atoms. The quantitative estimate of drug-likeness (QED) is 0.192. The number of hydrogen-bond acceptors (Lipinski definition) is 5. The number of ketones is 1. The number of carbonyl (C=O) groups is 2. The van der Waals surface area contributed by atoms with E-state index in [4.69, 9.17) is 14.2 Å². The van der Waals surface area contributed by atoms with Gasteiger partial charge in [0.25, 0.3) is 0 Å². The highest BCUT2D eigenvalue weighted by molar-refractivity contribution is 5.78. The van der Waals surface area contributed by atoms with Gasteiger partial charge in [0.05, 0.1) is 13.2 Å². The molecule has 0 aromatic carbocycles. The van der Waals surface area contributed by atoms with Crippen molar-refractivity contribution in [3.63, 3.8) is 0 Å². The second-order valence-corrected chi connectivity index (χ2v) is 10.1. The normalized spacial score (nSPS) is 31.1. The first-order valence-corrected chi connectivity index (χ1v) is 13.1. The zero-order valence-electron chi connectivity index (χ0n) is 20.3. The second-order valence-electron chi connectivity index (χ2n) is 10.1. The molecule has 3 aliphatic rings. The van der Waals surface area contributed by atoms with Gasteiger partial charge in [-0.15, -0.1) is 0 Å². The molecule has 0 N–H and O–H groups in total. The van der Waals surface area contributed by atoms with Crippen LogP contribution in [0.1, 0.15) is 103 Å². The molecule has 2 saturated carbocycles. The van der Waals surface area contributed by atoms with E-state index in [1.54, 1.807) is 0 Å². The molecule has 0 aromatic heterocycles. The summed E-state index contributed by atoms with van der Waals surface area (Å²) < 4.78 is 17.1. The Balaban J connectivity index is 1.54. The third-order valence-corrected chi connectivity index (χ3v) is 7.72. The molecule has 3 rings (SSSR count). The molecule has 1 aliphatic heterocycles. The number of methoxy groups -OCH3 is 1. The molecule has 1 saturated heterocycles. The summed E-state index contributed by atoms with van der Waals surface area (Å²) in [5, 5.41) is 0. The number of unbranched alkanes of at least 4 members (excludes halogenated alkanes) is 3. The summed E-state index contributed by atoms with van der Waals surface area (Å²) in [6.07, 6.45) is 17.2. The molecular formula is C27H44O5. The fourth-order valence-electron chi connectivity index (χ4n) is 5.96. The topological polar surface area (TPSA) is 61.8 Å². The van der Waals surface area contributed by atoms with Crippen LogP contribution in [0.4, 0.5) is 0 Å². The summed E-state index contributed by atoms with van der Waals surface area (Å²) in [4.78, 5) is 23.8. The van der Waals surface area contributed by atoms with Crippen LogP contribution in [0.15, 0.2) is 11.6 Å². The van der Waals surface area contributed by atoms with Crippen LogP contribution in [0.25, 0.3) is 0 Å². The molecule has 0 spiro atoms. The molecule has 1 heterocycles. The Labute approximate surface area is 194 Å². The molecule has 5 atom stereocenters. The number of esters is 1. The van der Waals surface area contributed by atoms with Crippen LogP contribution in [0.3, 0.4) is 0 Å². The van der Waals surface area contributed by atoms with Crippen molar-refractivity contribution in [2.45, 2.75) is 116 Å². The lowest BCUT2D eigenvalue weighted by molar-refractivity contribution is -0.196. The third-order valence-electron chi connectivity index (χ3n) is 7.72. The van der Waals surface area contributed by atoms with Gasteiger partial charge >= 0.3 is 5.97 Å². The lowest BCUT2D eigenvalue weighted by Gasteiger charge is -2.30. The van der Waals surface area contributed by atoms with E-state index in [1.807, 2.05) is 0 Å². The molecule has 0 amide bonds. The van der Waals surface area contributed by atoms with E-state index in [2.05, 4.69) is 13.0 Å². The van der Waals surface area contributed by atoms with Crippen molar-refractivity contribution in [2.75, 3.05) is 13.7 Å². The number of rotatable bonds is 13. The predicted molar refractivity (Wildman–Crippen MR) is 125 cm³/mol. The first-order valence-electron chi connectivity index (χ1n) is 13.1. The molecule has 5 nitrogen and oxygen atoms in total. The van der Waals surface area contributed by atoms with Gasteiger partial charge in [0.1, 0.15) is 5.78 Å². The Kier molecular flexibility index (Phi) is 10.7. The van der Waals surface area contributed by atoms with Crippen molar-refractivity contribution in [1.82, 2.24) is 0 Å². The molecule has 0 aromatic rings. The van der Waals surface area contributed by atoms with Gasteiger partial charge in [-0.3, -0.25) is 9.59 Å². The van der Waals surface area contributed by atoms with Crippen LogP contribution < -0.4 is 0 Å². The minimum atomic E-state index is -0.125. The van der Waals surface area contributed by atoms with E-state index in [0.717, 1.165) is 83.7 Å². The zero-order chi connectivity index (χ0) is 22.8. The van der Waals surface area contributed by atoms with Crippen LogP contribution >= 0.6 is 0 Å². The van der Waals surface area contributed by atoms with Crippen LogP contribution in [0.2, 0.25) is 0 Å². The molecule has 0 radical (unpaired) electrons. The highest BCUT2D eigenvalue weighted by atomic mass is 16.7. The van der Waals surface area contributed by atoms with Crippen molar-refractivity contribution >= 4 is 11.8 Å². The highest BCUT2D eigenvalue weighted by Crippen LogP contribution is 2.52. The van der Waals surface area contributed by atoms with Crippen molar-refractivity contribution in [2.24, 2.45) is 17.8 Å². The van der Waals surface area contributed by atoms with Crippen LogP contribution in [-0.2, 0) is 23.8 Å². The number of fused-ring (bicyclic) bond motifs is 1. The van der Waals surface area contributed by atoms with Gasteiger partial charge in [0.2, 0.25) is 0 Å². The highest BCUT2D eigenvalue weighted by Gasteiger charge is 2.47. The Morgan fingerprint density at radius 1 is 1.09 bits per heavy atom. The van der Waals surface area contributed by atoms with Gasteiger partial charge in [0.15, 0.2) is 6.29 Å². The summed E-state index contributed by atoms with van der Waals surface area (Å²) >= 11 is 0.